The van der Waals surface area contributed by atoms with Crippen molar-refractivity contribution in [1.82, 2.24) is 0 Å². The number of sulfone groups is 1. The lowest BCUT2D eigenvalue weighted by Crippen LogP contribution is -2.18. The second kappa shape index (κ2) is 8.43. The number of benzene rings is 2. The molecule has 1 heterocycles. The monoisotopic (exact) mass is 404 g/mol. The Morgan fingerprint density at radius 2 is 1.68 bits per heavy atom. The first-order valence-electron chi connectivity index (χ1n) is 8.73. The van der Waals surface area contributed by atoms with Gasteiger partial charge in [-0.15, -0.1) is 0 Å². The van der Waals surface area contributed by atoms with Gasteiger partial charge >= 0.3 is 5.97 Å². The molecule has 0 spiro atoms. The first-order valence-corrected chi connectivity index (χ1v) is 10.4. The number of aryl methyl sites for hydroxylation is 1. The molecular weight excluding hydrogens is 384 g/mol. The van der Waals surface area contributed by atoms with Crippen molar-refractivity contribution in [2.24, 2.45) is 0 Å². The van der Waals surface area contributed by atoms with Gasteiger partial charge in [0.05, 0.1) is 17.1 Å². The Labute approximate surface area is 163 Å². The zero-order valence-corrected chi connectivity index (χ0v) is 16.2. The molecule has 0 N–H and O–H groups in total. The Morgan fingerprint density at radius 3 is 2.39 bits per heavy atom. The van der Waals surface area contributed by atoms with E-state index in [2.05, 4.69) is 0 Å². The molecule has 2 aromatic carbocycles. The highest BCUT2D eigenvalue weighted by Gasteiger charge is 2.19. The van der Waals surface area contributed by atoms with Gasteiger partial charge in [-0.05, 0) is 37.3 Å². The van der Waals surface area contributed by atoms with E-state index in [1.54, 1.807) is 24.3 Å². The quantitative estimate of drug-likeness (QED) is 0.516. The third kappa shape index (κ3) is 4.89. The maximum absolute atomic E-state index is 12.2. The van der Waals surface area contributed by atoms with Crippen molar-refractivity contribution in [3.8, 4) is 11.5 Å². The molecule has 0 radical (unpaired) electrons. The fourth-order valence-corrected chi connectivity index (χ4v) is 3.82. The van der Waals surface area contributed by atoms with Crippen molar-refractivity contribution in [2.45, 2.75) is 18.2 Å². The average molecular weight is 404 g/mol. The number of esters is 1. The zero-order valence-electron chi connectivity index (χ0n) is 15.3. The van der Waals surface area contributed by atoms with Gasteiger partial charge < -0.3 is 14.2 Å². The minimum atomic E-state index is -3.59. The SMILES string of the molecule is Cc1ccc(S(=O)(=O)CCC(=O)OCC(=O)c2ccc3c(c2)OCCO3)cc1. The molecule has 28 heavy (non-hydrogen) atoms. The summed E-state index contributed by atoms with van der Waals surface area (Å²) in [7, 11) is -3.59. The summed E-state index contributed by atoms with van der Waals surface area (Å²) in [5.41, 5.74) is 1.26. The normalized spacial score (nSPS) is 13.0. The molecule has 1 aliphatic rings. The van der Waals surface area contributed by atoms with Crippen LogP contribution in [0.3, 0.4) is 0 Å². The van der Waals surface area contributed by atoms with Gasteiger partial charge in [-0.3, -0.25) is 9.59 Å². The number of fused-ring (bicyclic) bond motifs is 1. The number of carbonyl (C=O) groups is 2. The van der Waals surface area contributed by atoms with Crippen LogP contribution in [-0.2, 0) is 19.4 Å². The van der Waals surface area contributed by atoms with Crippen molar-refractivity contribution >= 4 is 21.6 Å². The number of ketones is 1. The second-order valence-electron chi connectivity index (χ2n) is 6.32. The Bertz CT molecular complexity index is 978. The summed E-state index contributed by atoms with van der Waals surface area (Å²) in [6, 6.07) is 11.1. The number of Topliss-reactive ketones (excluding diaryl/α,β-unsaturated/α-hetero) is 1. The second-order valence-corrected chi connectivity index (χ2v) is 8.43. The molecular formula is C20H20O7S. The van der Waals surface area contributed by atoms with Gasteiger partial charge in [-0.1, -0.05) is 17.7 Å². The third-order valence-corrected chi connectivity index (χ3v) is 5.92. The maximum Gasteiger partial charge on any atom is 0.307 e. The summed E-state index contributed by atoms with van der Waals surface area (Å²) < 4.78 is 40.2. The van der Waals surface area contributed by atoms with Gasteiger partial charge in [-0.25, -0.2) is 8.42 Å². The molecule has 0 bridgehead atoms. The third-order valence-electron chi connectivity index (χ3n) is 4.18. The predicted molar refractivity (Wildman–Crippen MR) is 101 cm³/mol. The summed E-state index contributed by atoms with van der Waals surface area (Å²) in [5.74, 6) is -0.519. The summed E-state index contributed by atoms with van der Waals surface area (Å²) in [4.78, 5) is 24.2. The highest BCUT2D eigenvalue weighted by atomic mass is 32.2. The van der Waals surface area contributed by atoms with E-state index < -0.39 is 28.2 Å². The van der Waals surface area contributed by atoms with E-state index >= 15 is 0 Å². The van der Waals surface area contributed by atoms with Crippen LogP contribution < -0.4 is 9.47 Å². The predicted octanol–water partition coefficient (Wildman–Crippen LogP) is 2.36. The van der Waals surface area contributed by atoms with Crippen molar-refractivity contribution in [3.05, 3.63) is 53.6 Å². The number of carbonyl (C=O) groups excluding carboxylic acids is 2. The van der Waals surface area contributed by atoms with Crippen molar-refractivity contribution in [1.29, 1.82) is 0 Å². The van der Waals surface area contributed by atoms with E-state index in [4.69, 9.17) is 14.2 Å². The van der Waals surface area contributed by atoms with Gasteiger partial charge in [-0.2, -0.15) is 0 Å². The number of ether oxygens (including phenoxy) is 3. The van der Waals surface area contributed by atoms with Crippen LogP contribution >= 0.6 is 0 Å². The smallest absolute Gasteiger partial charge is 0.307 e. The van der Waals surface area contributed by atoms with Crippen molar-refractivity contribution in [2.75, 3.05) is 25.6 Å². The number of hydrogen-bond acceptors (Lipinski definition) is 7. The Morgan fingerprint density at radius 1 is 1.00 bits per heavy atom. The van der Waals surface area contributed by atoms with Crippen LogP contribution in [0.15, 0.2) is 47.4 Å². The zero-order chi connectivity index (χ0) is 20.1. The lowest BCUT2D eigenvalue weighted by Gasteiger charge is -2.18. The van der Waals surface area contributed by atoms with Crippen LogP contribution in [0.25, 0.3) is 0 Å². The van der Waals surface area contributed by atoms with Crippen LogP contribution in [0.2, 0.25) is 0 Å². The molecule has 2 aromatic rings. The Hall–Kier alpha value is -2.87. The van der Waals surface area contributed by atoms with E-state index in [1.807, 2.05) is 6.92 Å². The van der Waals surface area contributed by atoms with Crippen LogP contribution in [0.4, 0.5) is 0 Å². The fraction of sp³-hybridized carbons (Fsp3) is 0.300. The Kier molecular flexibility index (Phi) is 5.99. The van der Waals surface area contributed by atoms with Gasteiger partial charge in [0.1, 0.15) is 13.2 Å². The van der Waals surface area contributed by atoms with Gasteiger partial charge in [0, 0.05) is 5.56 Å². The topological polar surface area (TPSA) is 96.0 Å². The van der Waals surface area contributed by atoms with E-state index in [0.29, 0.717) is 30.3 Å². The molecule has 0 unspecified atom stereocenters. The van der Waals surface area contributed by atoms with Crippen molar-refractivity contribution in [3.63, 3.8) is 0 Å². The standard InChI is InChI=1S/C20H20O7S/c1-14-2-5-16(6-3-14)28(23,24)11-8-20(22)27-13-17(21)15-4-7-18-19(12-15)26-10-9-25-18/h2-7,12H,8-11,13H2,1H3. The van der Waals surface area contributed by atoms with E-state index in [0.717, 1.165) is 5.56 Å². The molecule has 3 rings (SSSR count). The van der Waals surface area contributed by atoms with E-state index in [-0.39, 0.29) is 17.1 Å². The highest BCUT2D eigenvalue weighted by molar-refractivity contribution is 7.91. The van der Waals surface area contributed by atoms with Gasteiger partial charge in [0.15, 0.2) is 33.7 Å². The maximum atomic E-state index is 12.2. The minimum absolute atomic E-state index is 0.151. The average Bonchev–Trinajstić information content (AvgIpc) is 2.70. The fourth-order valence-electron chi connectivity index (χ4n) is 2.60. The molecule has 7 nitrogen and oxygen atoms in total. The van der Waals surface area contributed by atoms with Crippen LogP contribution in [0.1, 0.15) is 22.3 Å². The molecule has 8 heteroatoms. The van der Waals surface area contributed by atoms with E-state index in [1.165, 1.54) is 18.2 Å². The number of hydrogen-bond donors (Lipinski definition) is 0. The minimum Gasteiger partial charge on any atom is -0.486 e. The highest BCUT2D eigenvalue weighted by Crippen LogP contribution is 2.30. The summed E-state index contributed by atoms with van der Waals surface area (Å²) >= 11 is 0. The summed E-state index contributed by atoms with van der Waals surface area (Å²) in [5, 5.41) is 0. The van der Waals surface area contributed by atoms with Gasteiger partial charge in [0.25, 0.3) is 0 Å². The summed E-state index contributed by atoms with van der Waals surface area (Å²) in [6.45, 7) is 2.23. The first kappa shape index (κ1) is 19.9. The number of rotatable bonds is 7. The van der Waals surface area contributed by atoms with Crippen LogP contribution in [0.5, 0.6) is 11.5 Å². The molecule has 0 fully saturated rings. The largest absolute Gasteiger partial charge is 0.486 e. The first-order chi connectivity index (χ1) is 13.3. The van der Waals surface area contributed by atoms with Crippen LogP contribution in [-0.4, -0.2) is 45.7 Å². The Balaban J connectivity index is 1.51. The lowest BCUT2D eigenvalue weighted by atomic mass is 10.1. The van der Waals surface area contributed by atoms with Gasteiger partial charge in [0.2, 0.25) is 0 Å². The molecule has 0 atom stereocenters. The van der Waals surface area contributed by atoms with E-state index in [9.17, 15) is 18.0 Å². The van der Waals surface area contributed by atoms with Crippen LogP contribution in [0, 0.1) is 6.92 Å². The lowest BCUT2D eigenvalue weighted by molar-refractivity contribution is -0.142. The molecule has 0 aromatic heterocycles. The van der Waals surface area contributed by atoms with Crippen molar-refractivity contribution < 1.29 is 32.2 Å². The molecule has 0 saturated carbocycles. The molecule has 0 saturated heterocycles. The molecule has 1 aliphatic heterocycles. The molecule has 0 amide bonds. The summed E-state index contributed by atoms with van der Waals surface area (Å²) in [6.07, 6.45) is -0.329. The molecule has 148 valence electrons. The molecule has 0 aliphatic carbocycles.